The molecule has 1 heterocycles. The van der Waals surface area contributed by atoms with Gasteiger partial charge in [0, 0.05) is 25.0 Å². The number of carbonyl (C=O) groups is 1. The van der Waals surface area contributed by atoms with E-state index in [0.29, 0.717) is 17.2 Å². The first-order chi connectivity index (χ1) is 9.00. The van der Waals surface area contributed by atoms with Gasteiger partial charge in [-0.3, -0.25) is 9.78 Å². The summed E-state index contributed by atoms with van der Waals surface area (Å²) in [6.07, 6.45) is 6.11. The summed E-state index contributed by atoms with van der Waals surface area (Å²) in [7, 11) is 1.83. The van der Waals surface area contributed by atoms with E-state index in [4.69, 9.17) is 0 Å². The van der Waals surface area contributed by atoms with Gasteiger partial charge in [0.15, 0.2) is 0 Å². The molecule has 0 unspecified atom stereocenters. The average molecular weight is 261 g/mol. The summed E-state index contributed by atoms with van der Waals surface area (Å²) in [5, 5.41) is 6.11. The lowest BCUT2D eigenvalue weighted by molar-refractivity contribution is 0.0904. The largest absolute Gasteiger partial charge is 0.388 e. The normalized spacial score (nSPS) is 18.9. The molecule has 1 amide bonds. The summed E-state index contributed by atoms with van der Waals surface area (Å²) in [6, 6.07) is 3.92. The highest BCUT2D eigenvalue weighted by atomic mass is 16.1. The van der Waals surface area contributed by atoms with Gasteiger partial charge in [-0.15, -0.1) is 0 Å². The minimum Gasteiger partial charge on any atom is -0.388 e. The molecule has 2 N–H and O–H groups in total. The maximum Gasteiger partial charge on any atom is 0.270 e. The minimum absolute atomic E-state index is 0.0678. The van der Waals surface area contributed by atoms with Gasteiger partial charge in [-0.25, -0.2) is 0 Å². The number of nitrogens with one attached hydrogen (secondary N) is 2. The van der Waals surface area contributed by atoms with Crippen molar-refractivity contribution in [1.29, 1.82) is 0 Å². The molecule has 0 radical (unpaired) electrons. The monoisotopic (exact) mass is 261 g/mol. The second-order valence-electron chi connectivity index (χ2n) is 6.09. The molecule has 2 rings (SSSR count). The fourth-order valence-electron chi connectivity index (χ4n) is 2.51. The van der Waals surface area contributed by atoms with E-state index in [1.54, 1.807) is 12.3 Å². The number of aromatic nitrogens is 1. The van der Waals surface area contributed by atoms with Crippen molar-refractivity contribution in [1.82, 2.24) is 10.3 Å². The van der Waals surface area contributed by atoms with Gasteiger partial charge in [0.05, 0.1) is 0 Å². The first-order valence-electron chi connectivity index (χ1n) is 6.95. The zero-order valence-corrected chi connectivity index (χ0v) is 12.0. The van der Waals surface area contributed by atoms with Crippen LogP contribution in [0.25, 0.3) is 0 Å². The molecule has 4 nitrogen and oxygen atoms in total. The number of rotatable bonds is 3. The van der Waals surface area contributed by atoms with Crippen molar-refractivity contribution < 1.29 is 4.79 Å². The predicted molar refractivity (Wildman–Crippen MR) is 77.3 cm³/mol. The summed E-state index contributed by atoms with van der Waals surface area (Å²) in [5.41, 5.74) is 1.81. The summed E-state index contributed by atoms with van der Waals surface area (Å²) in [5.74, 6) is -0.0678. The van der Waals surface area contributed by atoms with E-state index in [1.807, 2.05) is 13.1 Å². The van der Waals surface area contributed by atoms with Crippen LogP contribution in [0.3, 0.4) is 0 Å². The molecule has 19 heavy (non-hydrogen) atoms. The fourth-order valence-corrected chi connectivity index (χ4v) is 2.51. The molecule has 0 saturated heterocycles. The van der Waals surface area contributed by atoms with E-state index in [2.05, 4.69) is 29.5 Å². The van der Waals surface area contributed by atoms with Crippen molar-refractivity contribution in [2.45, 2.75) is 45.6 Å². The number of amides is 1. The molecular formula is C15H23N3O. The van der Waals surface area contributed by atoms with Crippen LogP contribution in [0.4, 0.5) is 5.69 Å². The summed E-state index contributed by atoms with van der Waals surface area (Å²) < 4.78 is 0. The maximum atomic E-state index is 12.1. The van der Waals surface area contributed by atoms with Crippen LogP contribution in [0, 0.1) is 5.41 Å². The predicted octanol–water partition coefficient (Wildman–Crippen LogP) is 2.82. The molecule has 104 valence electrons. The lowest BCUT2D eigenvalue weighted by Crippen LogP contribution is -2.39. The quantitative estimate of drug-likeness (QED) is 0.879. The Hall–Kier alpha value is -1.58. The minimum atomic E-state index is -0.0678. The van der Waals surface area contributed by atoms with Gasteiger partial charge in [0.25, 0.3) is 5.91 Å². The standard InChI is InChI=1S/C15H23N3O/c1-15(2)7-4-11(5-8-15)18-14(19)13-10-12(16-3)6-9-17-13/h6,9-11H,4-5,7-8H2,1-3H3,(H,16,17)(H,18,19). The highest BCUT2D eigenvalue weighted by Gasteiger charge is 2.27. The van der Waals surface area contributed by atoms with Crippen molar-refractivity contribution in [3.63, 3.8) is 0 Å². The number of carbonyl (C=O) groups excluding carboxylic acids is 1. The number of pyridine rings is 1. The lowest BCUT2D eigenvalue weighted by Gasteiger charge is -2.34. The van der Waals surface area contributed by atoms with E-state index in [-0.39, 0.29) is 5.91 Å². The van der Waals surface area contributed by atoms with Gasteiger partial charge in [-0.05, 0) is 43.2 Å². The Morgan fingerprint density at radius 3 is 2.68 bits per heavy atom. The molecule has 0 aliphatic heterocycles. The van der Waals surface area contributed by atoms with E-state index in [9.17, 15) is 4.79 Å². The van der Waals surface area contributed by atoms with Crippen molar-refractivity contribution in [2.24, 2.45) is 5.41 Å². The maximum absolute atomic E-state index is 12.1. The third-order valence-corrected chi connectivity index (χ3v) is 3.96. The Morgan fingerprint density at radius 2 is 2.05 bits per heavy atom. The SMILES string of the molecule is CNc1ccnc(C(=O)NC2CCC(C)(C)CC2)c1. The topological polar surface area (TPSA) is 54.0 Å². The van der Waals surface area contributed by atoms with Crippen LogP contribution in [0.15, 0.2) is 18.3 Å². The molecule has 0 aromatic carbocycles. The molecule has 1 aliphatic carbocycles. The molecule has 4 heteroatoms. The van der Waals surface area contributed by atoms with Crippen LogP contribution in [0.5, 0.6) is 0 Å². The summed E-state index contributed by atoms with van der Waals surface area (Å²) >= 11 is 0. The zero-order valence-electron chi connectivity index (χ0n) is 12.0. The van der Waals surface area contributed by atoms with Crippen LogP contribution in [0.1, 0.15) is 50.0 Å². The Bertz CT molecular complexity index is 446. The second kappa shape index (κ2) is 5.59. The van der Waals surface area contributed by atoms with E-state index in [0.717, 1.165) is 18.5 Å². The molecule has 0 spiro atoms. The Kier molecular flexibility index (Phi) is 4.08. The molecule has 1 fully saturated rings. The smallest absolute Gasteiger partial charge is 0.270 e. The first-order valence-corrected chi connectivity index (χ1v) is 6.95. The van der Waals surface area contributed by atoms with Crippen molar-refractivity contribution in [3.05, 3.63) is 24.0 Å². The highest BCUT2D eigenvalue weighted by molar-refractivity contribution is 5.93. The molecule has 1 saturated carbocycles. The van der Waals surface area contributed by atoms with Crippen LogP contribution in [0.2, 0.25) is 0 Å². The summed E-state index contributed by atoms with van der Waals surface area (Å²) in [6.45, 7) is 4.59. The molecule has 1 aromatic heterocycles. The molecule has 0 atom stereocenters. The lowest BCUT2D eigenvalue weighted by atomic mass is 9.75. The third-order valence-electron chi connectivity index (χ3n) is 3.96. The average Bonchev–Trinajstić information content (AvgIpc) is 2.41. The van der Waals surface area contributed by atoms with Crippen molar-refractivity contribution in [3.8, 4) is 0 Å². The number of hydrogen-bond donors (Lipinski definition) is 2. The third kappa shape index (κ3) is 3.69. The molecule has 0 bridgehead atoms. The number of nitrogens with zero attached hydrogens (tertiary/aromatic N) is 1. The van der Waals surface area contributed by atoms with Gasteiger partial charge in [-0.2, -0.15) is 0 Å². The summed E-state index contributed by atoms with van der Waals surface area (Å²) in [4.78, 5) is 16.3. The first kappa shape index (κ1) is 13.8. The van der Waals surface area contributed by atoms with E-state index in [1.165, 1.54) is 12.8 Å². The molecule has 1 aliphatic rings. The number of hydrogen-bond acceptors (Lipinski definition) is 3. The van der Waals surface area contributed by atoms with E-state index >= 15 is 0 Å². The fraction of sp³-hybridized carbons (Fsp3) is 0.600. The van der Waals surface area contributed by atoms with Crippen LogP contribution in [-0.4, -0.2) is 24.0 Å². The Morgan fingerprint density at radius 1 is 1.37 bits per heavy atom. The number of anilines is 1. The molecule has 1 aromatic rings. The van der Waals surface area contributed by atoms with Crippen LogP contribution < -0.4 is 10.6 Å². The zero-order chi connectivity index (χ0) is 13.9. The Balaban J connectivity index is 1.94. The van der Waals surface area contributed by atoms with Crippen LogP contribution >= 0.6 is 0 Å². The van der Waals surface area contributed by atoms with Crippen molar-refractivity contribution in [2.75, 3.05) is 12.4 Å². The van der Waals surface area contributed by atoms with Crippen LogP contribution in [-0.2, 0) is 0 Å². The van der Waals surface area contributed by atoms with Gasteiger partial charge < -0.3 is 10.6 Å². The van der Waals surface area contributed by atoms with E-state index < -0.39 is 0 Å². The van der Waals surface area contributed by atoms with Gasteiger partial charge in [-0.1, -0.05) is 13.8 Å². The van der Waals surface area contributed by atoms with Gasteiger partial charge in [0.1, 0.15) is 5.69 Å². The second-order valence-corrected chi connectivity index (χ2v) is 6.09. The van der Waals surface area contributed by atoms with Gasteiger partial charge >= 0.3 is 0 Å². The Labute approximate surface area is 115 Å². The van der Waals surface area contributed by atoms with Gasteiger partial charge in [0.2, 0.25) is 0 Å². The highest BCUT2D eigenvalue weighted by Crippen LogP contribution is 2.35. The molecular weight excluding hydrogens is 238 g/mol. The van der Waals surface area contributed by atoms with Crippen molar-refractivity contribution >= 4 is 11.6 Å².